The molecule has 0 bridgehead atoms. The number of nitrogens with two attached hydrogens (primary N) is 2. The van der Waals surface area contributed by atoms with Gasteiger partial charge in [-0.2, -0.15) is 0 Å². The molecule has 0 radical (unpaired) electrons. The van der Waals surface area contributed by atoms with Crippen LogP contribution in [0.2, 0.25) is 0 Å². The van der Waals surface area contributed by atoms with Gasteiger partial charge in [-0.25, -0.2) is 0 Å². The van der Waals surface area contributed by atoms with Crippen LogP contribution in [-0.4, -0.2) is 96.4 Å². The van der Waals surface area contributed by atoms with Gasteiger partial charge in [0.25, 0.3) is 0 Å². The summed E-state index contributed by atoms with van der Waals surface area (Å²) in [5.41, 5.74) is 11.6. The van der Waals surface area contributed by atoms with Crippen LogP contribution in [0.4, 0.5) is 0 Å². The molecule has 0 rings (SSSR count). The maximum atomic E-state index is 13.0. The predicted molar refractivity (Wildman–Crippen MR) is 384 cm³/mol. The van der Waals surface area contributed by atoms with Crippen molar-refractivity contribution in [1.29, 1.82) is 0 Å². The number of aliphatic hydroxyl groups excluding tert-OH is 3. The standard InChI is InChI=1S/C78H152N4O8/c1-3-5-7-9-11-13-15-23-29-35-41-47-53-62-74(84)72(69-83)81-76(86)64-55-49-43-37-31-25-19-17-21-27-33-39-45-51-59-67-89-68-60-52-46-40-34-28-22-18-20-26-32-38-44-50-56-65-77(87)82-73(70-90-78(88)71(80)61-57-58-66-79)75(85)63-54-48-42-36-30-24-16-14-12-10-8-6-4-2/h53-54,62-63,71-75,83-85H,3-52,55-61,64-70,79-80H2,1-2H3,(H,81,86)(H,82,87)/b62-53+,63-54+/t71?,72-,73-,74+,75+/m0/s1. The summed E-state index contributed by atoms with van der Waals surface area (Å²) < 4.78 is 11.5. The number of hydrogen-bond acceptors (Lipinski definition) is 10. The van der Waals surface area contributed by atoms with Crippen molar-refractivity contribution in [3.05, 3.63) is 24.3 Å². The molecule has 0 heterocycles. The Labute approximate surface area is 556 Å². The van der Waals surface area contributed by atoms with Crippen molar-refractivity contribution in [3.63, 3.8) is 0 Å². The lowest BCUT2D eigenvalue weighted by molar-refractivity contribution is -0.147. The van der Waals surface area contributed by atoms with Gasteiger partial charge in [0.05, 0.1) is 30.9 Å². The fourth-order valence-corrected chi connectivity index (χ4v) is 12.2. The molecule has 0 saturated carbocycles. The van der Waals surface area contributed by atoms with E-state index in [-0.39, 0.29) is 25.0 Å². The third-order valence-electron chi connectivity index (χ3n) is 18.4. The summed E-state index contributed by atoms with van der Waals surface area (Å²) >= 11 is 0. The number of aliphatic hydroxyl groups is 3. The zero-order valence-electron chi connectivity index (χ0n) is 59.5. The van der Waals surface area contributed by atoms with Crippen molar-refractivity contribution >= 4 is 17.8 Å². The minimum atomic E-state index is -0.949. The van der Waals surface area contributed by atoms with Crippen molar-refractivity contribution in [2.75, 3.05) is 33.0 Å². The summed E-state index contributed by atoms with van der Waals surface area (Å²) in [6, 6.07) is -2.09. The van der Waals surface area contributed by atoms with Crippen LogP contribution in [0.15, 0.2) is 24.3 Å². The second kappa shape index (κ2) is 72.5. The number of esters is 1. The summed E-state index contributed by atoms with van der Waals surface area (Å²) in [5, 5.41) is 37.1. The highest BCUT2D eigenvalue weighted by Crippen LogP contribution is 2.19. The molecule has 0 fully saturated rings. The van der Waals surface area contributed by atoms with Gasteiger partial charge in [0.1, 0.15) is 12.6 Å². The first kappa shape index (κ1) is 87.7. The molecule has 9 N–H and O–H groups in total. The first-order valence-corrected chi connectivity index (χ1v) is 39.3. The van der Waals surface area contributed by atoms with Crippen LogP contribution < -0.4 is 22.1 Å². The monoisotopic (exact) mass is 1270 g/mol. The number of amides is 2. The molecule has 0 saturated heterocycles. The van der Waals surface area contributed by atoms with Crippen molar-refractivity contribution in [2.24, 2.45) is 11.5 Å². The summed E-state index contributed by atoms with van der Waals surface area (Å²) in [6.45, 7) is 6.55. The zero-order valence-corrected chi connectivity index (χ0v) is 59.5. The van der Waals surface area contributed by atoms with Crippen molar-refractivity contribution < 1.29 is 39.2 Å². The summed E-state index contributed by atoms with van der Waals surface area (Å²) in [6.07, 6.45) is 76.6. The topological polar surface area (TPSA) is 206 Å². The van der Waals surface area contributed by atoms with E-state index in [1.807, 2.05) is 12.2 Å². The molecule has 0 aromatic heterocycles. The van der Waals surface area contributed by atoms with Gasteiger partial charge in [0, 0.05) is 26.1 Å². The fraction of sp³-hybridized carbons (Fsp3) is 0.910. The van der Waals surface area contributed by atoms with E-state index in [2.05, 4.69) is 24.5 Å². The number of carbonyl (C=O) groups excluding carboxylic acids is 3. The SMILES string of the molecule is CCCCCCCCCCCCC/C=C/[C@@H](O)[C@H](CO)NC(=O)CCCCCCCCCCCCCCCCCOCCCCCCCCCCCCCCCCCC(=O)N[C@@H](COC(=O)C(N)CCCCN)[C@H](O)/C=C/CCCCCCCCCCCCC. The predicted octanol–water partition coefficient (Wildman–Crippen LogP) is 19.7. The Morgan fingerprint density at radius 2 is 0.678 bits per heavy atom. The van der Waals surface area contributed by atoms with Crippen LogP contribution in [0, 0.1) is 0 Å². The van der Waals surface area contributed by atoms with Crippen molar-refractivity contribution in [1.82, 2.24) is 10.6 Å². The van der Waals surface area contributed by atoms with Crippen LogP contribution in [0.25, 0.3) is 0 Å². The Morgan fingerprint density at radius 1 is 0.389 bits per heavy atom. The fourth-order valence-electron chi connectivity index (χ4n) is 12.2. The Bertz CT molecular complexity index is 1550. The largest absolute Gasteiger partial charge is 0.462 e. The average molecular weight is 1270 g/mol. The molecule has 1 unspecified atom stereocenters. The van der Waals surface area contributed by atoms with E-state index in [1.165, 1.54) is 289 Å². The Hall–Kier alpha value is -2.35. The molecule has 12 nitrogen and oxygen atoms in total. The molecule has 0 aromatic carbocycles. The van der Waals surface area contributed by atoms with Crippen LogP contribution in [-0.2, 0) is 23.9 Å². The van der Waals surface area contributed by atoms with Gasteiger partial charge in [0.2, 0.25) is 11.8 Å². The number of unbranched alkanes of at least 4 members (excludes halogenated alkanes) is 51. The van der Waals surface area contributed by atoms with Gasteiger partial charge in [-0.15, -0.1) is 0 Å². The van der Waals surface area contributed by atoms with Crippen LogP contribution in [0.1, 0.15) is 393 Å². The van der Waals surface area contributed by atoms with E-state index in [4.69, 9.17) is 20.9 Å². The lowest BCUT2D eigenvalue weighted by Crippen LogP contribution is -2.47. The number of hydrogen-bond donors (Lipinski definition) is 7. The van der Waals surface area contributed by atoms with Crippen LogP contribution in [0.5, 0.6) is 0 Å². The number of ether oxygens (including phenoxy) is 2. The van der Waals surface area contributed by atoms with Gasteiger partial charge < -0.3 is 46.9 Å². The van der Waals surface area contributed by atoms with Crippen LogP contribution >= 0.6 is 0 Å². The van der Waals surface area contributed by atoms with Crippen molar-refractivity contribution in [2.45, 2.75) is 423 Å². The van der Waals surface area contributed by atoms with Gasteiger partial charge in [-0.1, -0.05) is 340 Å². The molecule has 5 atom stereocenters. The normalized spacial score (nSPS) is 13.5. The Kier molecular flexibility index (Phi) is 70.6. The molecule has 2 amide bonds. The molecule has 0 aromatic rings. The highest BCUT2D eigenvalue weighted by Gasteiger charge is 2.24. The van der Waals surface area contributed by atoms with E-state index in [0.717, 1.165) is 83.8 Å². The molecule has 0 aliphatic rings. The quantitative estimate of drug-likeness (QED) is 0.0174. The molecule has 12 heteroatoms. The number of carbonyl (C=O) groups is 3. The molecular weight excluding hydrogens is 1120 g/mol. The van der Waals surface area contributed by atoms with Crippen LogP contribution in [0.3, 0.4) is 0 Å². The lowest BCUT2D eigenvalue weighted by atomic mass is 10.0. The van der Waals surface area contributed by atoms with E-state index >= 15 is 0 Å². The Morgan fingerprint density at radius 3 is 1.00 bits per heavy atom. The first-order valence-electron chi connectivity index (χ1n) is 39.3. The highest BCUT2D eigenvalue weighted by atomic mass is 16.5. The van der Waals surface area contributed by atoms with E-state index in [9.17, 15) is 29.7 Å². The molecule has 532 valence electrons. The zero-order chi connectivity index (χ0) is 65.5. The second-order valence-corrected chi connectivity index (χ2v) is 27.3. The molecule has 0 aliphatic carbocycles. The maximum Gasteiger partial charge on any atom is 0.322 e. The average Bonchev–Trinajstić information content (AvgIpc) is 3.57. The van der Waals surface area contributed by atoms with Gasteiger partial charge in [0.15, 0.2) is 0 Å². The molecule has 0 spiro atoms. The minimum absolute atomic E-state index is 0.0746. The third-order valence-corrected chi connectivity index (χ3v) is 18.4. The highest BCUT2D eigenvalue weighted by molar-refractivity contribution is 5.77. The molecule has 90 heavy (non-hydrogen) atoms. The van der Waals surface area contributed by atoms with E-state index in [0.29, 0.717) is 25.8 Å². The number of nitrogens with one attached hydrogen (secondary N) is 2. The molecular formula is C78H152N4O8. The number of rotatable bonds is 74. The van der Waals surface area contributed by atoms with E-state index < -0.39 is 36.3 Å². The summed E-state index contributed by atoms with van der Waals surface area (Å²) in [5.74, 6) is -0.703. The van der Waals surface area contributed by atoms with Crippen molar-refractivity contribution in [3.8, 4) is 0 Å². The maximum absolute atomic E-state index is 13.0. The first-order chi connectivity index (χ1) is 44.2. The minimum Gasteiger partial charge on any atom is -0.462 e. The van der Waals surface area contributed by atoms with E-state index in [1.54, 1.807) is 12.2 Å². The Balaban J connectivity index is 3.72. The lowest BCUT2D eigenvalue weighted by Gasteiger charge is -2.23. The summed E-state index contributed by atoms with van der Waals surface area (Å²) in [7, 11) is 0. The van der Waals surface area contributed by atoms with Gasteiger partial charge >= 0.3 is 5.97 Å². The van der Waals surface area contributed by atoms with Gasteiger partial charge in [-0.05, 0) is 70.8 Å². The van der Waals surface area contributed by atoms with Gasteiger partial charge in [-0.3, -0.25) is 14.4 Å². The molecule has 0 aliphatic heterocycles. The number of allylic oxidation sites excluding steroid dienone is 2. The second-order valence-electron chi connectivity index (χ2n) is 27.3. The summed E-state index contributed by atoms with van der Waals surface area (Å²) in [4.78, 5) is 38.1. The smallest absolute Gasteiger partial charge is 0.322 e. The third kappa shape index (κ3) is 64.4.